The molecule has 0 unspecified atom stereocenters. The van der Waals surface area contributed by atoms with Crippen molar-refractivity contribution in [1.29, 1.82) is 0 Å². The lowest BCUT2D eigenvalue weighted by atomic mass is 9.94. The number of rotatable bonds is 8. The number of pyridine rings is 1. The summed E-state index contributed by atoms with van der Waals surface area (Å²) in [6, 6.07) is 21.1. The molecule has 1 amide bonds. The highest BCUT2D eigenvalue weighted by atomic mass is 32.2. The molecule has 0 bridgehead atoms. The number of benzene rings is 2. The number of hydrogen-bond acceptors (Lipinski definition) is 6. The Morgan fingerprint density at radius 1 is 0.972 bits per heavy atom. The van der Waals surface area contributed by atoms with Crippen molar-refractivity contribution in [3.8, 4) is 11.1 Å². The molecule has 0 atom stereocenters. The maximum atomic E-state index is 12.4. The molecule has 3 heterocycles. The zero-order valence-corrected chi connectivity index (χ0v) is 21.2. The quantitative estimate of drug-likeness (QED) is 0.279. The lowest BCUT2D eigenvalue weighted by Gasteiger charge is -2.30. The number of thioether (sulfide) groups is 1. The van der Waals surface area contributed by atoms with Gasteiger partial charge in [0.25, 0.3) is 0 Å². The van der Waals surface area contributed by atoms with Gasteiger partial charge in [0.15, 0.2) is 5.16 Å². The van der Waals surface area contributed by atoms with E-state index in [1.54, 1.807) is 18.5 Å². The molecule has 7 heteroatoms. The van der Waals surface area contributed by atoms with Gasteiger partial charge in [0, 0.05) is 50.5 Å². The van der Waals surface area contributed by atoms with Gasteiger partial charge in [-0.2, -0.15) is 0 Å². The summed E-state index contributed by atoms with van der Waals surface area (Å²) in [5.41, 5.74) is 8.51. The van der Waals surface area contributed by atoms with Gasteiger partial charge in [-0.05, 0) is 52.8 Å². The van der Waals surface area contributed by atoms with Crippen LogP contribution in [0.4, 0.5) is 0 Å². The lowest BCUT2D eigenvalue weighted by molar-refractivity contribution is -0.118. The van der Waals surface area contributed by atoms with Crippen molar-refractivity contribution in [3.05, 3.63) is 107 Å². The molecule has 2 aromatic heterocycles. The van der Waals surface area contributed by atoms with E-state index in [9.17, 15) is 4.79 Å². The van der Waals surface area contributed by atoms with Gasteiger partial charge < -0.3 is 5.32 Å². The molecule has 0 aliphatic carbocycles. The van der Waals surface area contributed by atoms with Crippen LogP contribution in [0.25, 0.3) is 11.1 Å². The molecule has 1 N–H and O–H groups in total. The maximum Gasteiger partial charge on any atom is 0.230 e. The largest absolute Gasteiger partial charge is 0.351 e. The molecule has 1 aliphatic heterocycles. The van der Waals surface area contributed by atoms with Gasteiger partial charge in [0.05, 0.1) is 5.75 Å². The number of aryl methyl sites for hydroxylation is 1. The van der Waals surface area contributed by atoms with Crippen LogP contribution in [0.3, 0.4) is 0 Å². The minimum absolute atomic E-state index is 0.0270. The Balaban J connectivity index is 1.19. The summed E-state index contributed by atoms with van der Waals surface area (Å²) in [4.78, 5) is 27.8. The van der Waals surface area contributed by atoms with Gasteiger partial charge in [-0.1, -0.05) is 66.4 Å². The van der Waals surface area contributed by atoms with E-state index in [0.717, 1.165) is 37.3 Å². The molecule has 5 rings (SSSR count). The van der Waals surface area contributed by atoms with Crippen molar-refractivity contribution in [3.63, 3.8) is 0 Å². The fourth-order valence-corrected chi connectivity index (χ4v) is 5.20. The van der Waals surface area contributed by atoms with Crippen LogP contribution >= 0.6 is 11.8 Å². The lowest BCUT2D eigenvalue weighted by Crippen LogP contribution is -2.32. The normalized spacial score (nSPS) is 13.2. The predicted octanol–water partition coefficient (Wildman–Crippen LogP) is 4.81. The van der Waals surface area contributed by atoms with Crippen molar-refractivity contribution in [2.45, 2.75) is 38.1 Å². The van der Waals surface area contributed by atoms with E-state index < -0.39 is 0 Å². The summed E-state index contributed by atoms with van der Waals surface area (Å²) >= 11 is 1.34. The van der Waals surface area contributed by atoms with E-state index in [-0.39, 0.29) is 5.91 Å². The number of carbonyl (C=O) groups is 1. The molecule has 6 nitrogen and oxygen atoms in total. The number of fused-ring (bicyclic) bond motifs is 1. The molecule has 0 saturated carbocycles. The van der Waals surface area contributed by atoms with Gasteiger partial charge in [0.1, 0.15) is 0 Å². The molecule has 4 aromatic rings. The summed E-state index contributed by atoms with van der Waals surface area (Å²) in [5.74, 6) is 0.267. The van der Waals surface area contributed by atoms with Crippen molar-refractivity contribution in [2.75, 3.05) is 12.3 Å². The van der Waals surface area contributed by atoms with E-state index in [4.69, 9.17) is 0 Å². The Morgan fingerprint density at radius 2 is 1.72 bits per heavy atom. The highest BCUT2D eigenvalue weighted by Gasteiger charge is 2.21. The number of nitrogens with one attached hydrogen (secondary N) is 1. The van der Waals surface area contributed by atoms with E-state index in [2.05, 4.69) is 73.7 Å². The van der Waals surface area contributed by atoms with Crippen LogP contribution in [-0.2, 0) is 30.8 Å². The van der Waals surface area contributed by atoms with Gasteiger partial charge in [-0.3, -0.25) is 14.7 Å². The second-order valence-corrected chi connectivity index (χ2v) is 9.89. The van der Waals surface area contributed by atoms with Crippen molar-refractivity contribution in [2.24, 2.45) is 0 Å². The van der Waals surface area contributed by atoms with Crippen LogP contribution in [0, 0.1) is 6.92 Å². The summed E-state index contributed by atoms with van der Waals surface area (Å²) in [6.07, 6.45) is 6.32. The molecular formula is C29H29N5OS. The van der Waals surface area contributed by atoms with E-state index in [1.165, 1.54) is 39.6 Å². The van der Waals surface area contributed by atoms with Gasteiger partial charge in [-0.15, -0.1) is 0 Å². The zero-order valence-electron chi connectivity index (χ0n) is 20.4. The van der Waals surface area contributed by atoms with Crippen molar-refractivity contribution < 1.29 is 4.79 Å². The predicted molar refractivity (Wildman–Crippen MR) is 143 cm³/mol. The van der Waals surface area contributed by atoms with Crippen molar-refractivity contribution in [1.82, 2.24) is 25.2 Å². The van der Waals surface area contributed by atoms with Gasteiger partial charge >= 0.3 is 0 Å². The summed E-state index contributed by atoms with van der Waals surface area (Å²) in [5, 5.41) is 3.67. The van der Waals surface area contributed by atoms with E-state index in [0.29, 0.717) is 17.5 Å². The van der Waals surface area contributed by atoms with Crippen molar-refractivity contribution >= 4 is 17.7 Å². The maximum absolute atomic E-state index is 12.4. The third kappa shape index (κ3) is 5.98. The van der Waals surface area contributed by atoms with Crippen LogP contribution in [-0.4, -0.2) is 38.1 Å². The average Bonchev–Trinajstić information content (AvgIpc) is 2.93. The Hall–Kier alpha value is -3.55. The molecule has 2 aromatic carbocycles. The SMILES string of the molecule is Cc1ncc2c(c1CNC(=O)CSc1ncccn1)CCN(Cc1ccc(-c3ccccc3)cc1)C2. The fourth-order valence-electron chi connectivity index (χ4n) is 4.57. The van der Waals surface area contributed by atoms with Crippen LogP contribution in [0.2, 0.25) is 0 Å². The highest BCUT2D eigenvalue weighted by Crippen LogP contribution is 2.26. The van der Waals surface area contributed by atoms with Crippen LogP contribution in [0.5, 0.6) is 0 Å². The summed E-state index contributed by atoms with van der Waals surface area (Å²) in [6.45, 7) is 5.28. The van der Waals surface area contributed by atoms with Crippen LogP contribution < -0.4 is 5.32 Å². The topological polar surface area (TPSA) is 71.0 Å². The van der Waals surface area contributed by atoms with E-state index >= 15 is 0 Å². The first-order valence-electron chi connectivity index (χ1n) is 12.1. The number of nitrogens with zero attached hydrogens (tertiary/aromatic N) is 4. The fraction of sp³-hybridized carbons (Fsp3) is 0.241. The number of amides is 1. The first-order chi connectivity index (χ1) is 17.7. The van der Waals surface area contributed by atoms with Crippen LogP contribution in [0.15, 0.2) is 84.4 Å². The molecular weight excluding hydrogens is 466 g/mol. The molecule has 0 spiro atoms. The average molecular weight is 496 g/mol. The molecule has 36 heavy (non-hydrogen) atoms. The number of aromatic nitrogens is 3. The van der Waals surface area contributed by atoms with Gasteiger partial charge in [0.2, 0.25) is 5.91 Å². The third-order valence-electron chi connectivity index (χ3n) is 6.48. The molecule has 0 fully saturated rings. The Kier molecular flexibility index (Phi) is 7.69. The molecule has 0 radical (unpaired) electrons. The molecule has 0 saturated heterocycles. The smallest absolute Gasteiger partial charge is 0.230 e. The Labute approximate surface area is 216 Å². The Morgan fingerprint density at radius 3 is 2.50 bits per heavy atom. The summed E-state index contributed by atoms with van der Waals surface area (Å²) < 4.78 is 0. The van der Waals surface area contributed by atoms with Crippen LogP contribution in [0.1, 0.15) is 27.9 Å². The third-order valence-corrected chi connectivity index (χ3v) is 7.35. The minimum atomic E-state index is -0.0270. The second kappa shape index (κ2) is 11.5. The highest BCUT2D eigenvalue weighted by molar-refractivity contribution is 7.99. The Bertz CT molecular complexity index is 1310. The number of carbonyl (C=O) groups excluding carboxylic acids is 1. The first-order valence-corrected chi connectivity index (χ1v) is 13.1. The van der Waals surface area contributed by atoms with Gasteiger partial charge in [-0.25, -0.2) is 9.97 Å². The standard InChI is InChI=1S/C29H29N5OS/c1-21-27(17-33-28(35)20-36-29-30-13-5-14-31-29)26-12-15-34(19-25(26)16-32-21)18-22-8-10-24(11-9-22)23-6-3-2-4-7-23/h2-11,13-14,16H,12,15,17-20H2,1H3,(H,33,35). The minimum Gasteiger partial charge on any atom is -0.351 e. The summed E-state index contributed by atoms with van der Waals surface area (Å²) in [7, 11) is 0. The number of hydrogen-bond donors (Lipinski definition) is 1. The zero-order chi connectivity index (χ0) is 24.7. The van der Waals surface area contributed by atoms with E-state index in [1.807, 2.05) is 19.2 Å². The first kappa shape index (κ1) is 24.2. The monoisotopic (exact) mass is 495 g/mol. The molecule has 182 valence electrons. The molecule has 1 aliphatic rings. The second-order valence-electron chi connectivity index (χ2n) is 8.95.